The molecule has 0 saturated carbocycles. The van der Waals surface area contributed by atoms with E-state index in [1.807, 2.05) is 11.8 Å². The summed E-state index contributed by atoms with van der Waals surface area (Å²) in [5.74, 6) is 1.23. The van der Waals surface area contributed by atoms with Gasteiger partial charge in [0.05, 0.1) is 4.92 Å². The quantitative estimate of drug-likeness (QED) is 0.284. The fourth-order valence-corrected chi connectivity index (χ4v) is 3.36. The highest BCUT2D eigenvalue weighted by molar-refractivity contribution is 8.00. The van der Waals surface area contributed by atoms with Gasteiger partial charge in [-0.1, -0.05) is 12.1 Å². The highest BCUT2D eigenvalue weighted by Crippen LogP contribution is 2.27. The van der Waals surface area contributed by atoms with E-state index in [2.05, 4.69) is 22.0 Å². The smallest absolute Gasteiger partial charge is 0.298 e. The van der Waals surface area contributed by atoms with E-state index in [9.17, 15) is 10.1 Å². The lowest BCUT2D eigenvalue weighted by Gasteiger charge is -2.32. The molecule has 2 rings (SSSR count). The van der Waals surface area contributed by atoms with Crippen LogP contribution in [-0.4, -0.2) is 45.0 Å². The van der Waals surface area contributed by atoms with Crippen molar-refractivity contribution < 1.29 is 10.1 Å². The molecule has 1 aliphatic heterocycles. The third-order valence-corrected chi connectivity index (χ3v) is 4.70. The predicted molar refractivity (Wildman–Crippen MR) is 82.2 cm³/mol. The molecule has 0 amide bonds. The van der Waals surface area contributed by atoms with Crippen LogP contribution in [0.2, 0.25) is 0 Å². The number of thioether (sulfide) groups is 1. The van der Waals surface area contributed by atoms with Crippen molar-refractivity contribution in [1.29, 1.82) is 0 Å². The van der Waals surface area contributed by atoms with Crippen LogP contribution in [0.1, 0.15) is 19.0 Å². The van der Waals surface area contributed by atoms with Gasteiger partial charge in [0, 0.05) is 30.2 Å². The van der Waals surface area contributed by atoms with Gasteiger partial charge in [0.15, 0.2) is 11.5 Å². The predicted octanol–water partition coefficient (Wildman–Crippen LogP) is 1.42. The highest BCUT2D eigenvalue weighted by atomic mass is 32.2. The van der Waals surface area contributed by atoms with Gasteiger partial charge in [0.25, 0.3) is 5.69 Å². The number of rotatable bonds is 4. The van der Waals surface area contributed by atoms with Crippen molar-refractivity contribution in [1.82, 2.24) is 4.98 Å². The second-order valence-corrected chi connectivity index (χ2v) is 6.03. The molecule has 0 bridgehead atoms. The molecule has 1 atom stereocenters. The summed E-state index contributed by atoms with van der Waals surface area (Å²) in [7, 11) is 0. The molecule has 1 unspecified atom stereocenters. The van der Waals surface area contributed by atoms with E-state index in [1.165, 1.54) is 6.07 Å². The number of aromatic nitrogens is 1. The van der Waals surface area contributed by atoms with Crippen LogP contribution in [0, 0.1) is 10.1 Å². The van der Waals surface area contributed by atoms with E-state index in [-0.39, 0.29) is 17.2 Å². The topological polar surface area (TPSA) is 118 Å². The lowest BCUT2D eigenvalue weighted by Crippen LogP contribution is -2.38. The van der Waals surface area contributed by atoms with E-state index in [0.29, 0.717) is 11.1 Å². The minimum Gasteiger partial charge on any atom is -0.409 e. The van der Waals surface area contributed by atoms with Crippen LogP contribution in [0.5, 0.6) is 0 Å². The molecule has 9 heteroatoms. The fraction of sp³-hybridized carbons (Fsp3) is 0.500. The maximum Gasteiger partial charge on any atom is 0.298 e. The zero-order valence-corrected chi connectivity index (χ0v) is 12.4. The molecule has 21 heavy (non-hydrogen) atoms. The molecule has 1 aromatic rings. The molecule has 0 radical (unpaired) electrons. The average molecular weight is 311 g/mol. The largest absolute Gasteiger partial charge is 0.409 e. The van der Waals surface area contributed by atoms with Crippen molar-refractivity contribution in [3.63, 3.8) is 0 Å². The summed E-state index contributed by atoms with van der Waals surface area (Å²) >= 11 is 1.92. The number of hydrogen-bond acceptors (Lipinski definition) is 7. The first-order valence-electron chi connectivity index (χ1n) is 6.56. The molecule has 0 spiro atoms. The Kier molecular flexibility index (Phi) is 4.84. The summed E-state index contributed by atoms with van der Waals surface area (Å²) in [6, 6.07) is 2.95. The molecule has 1 fully saturated rings. The molecule has 8 nitrogen and oxygen atoms in total. The average Bonchev–Trinajstić information content (AvgIpc) is 2.53. The Balaban J connectivity index is 2.35. The van der Waals surface area contributed by atoms with Gasteiger partial charge in [-0.05, 0) is 12.5 Å². The Bertz CT molecular complexity index is 566. The minimum absolute atomic E-state index is 0.105. The summed E-state index contributed by atoms with van der Waals surface area (Å²) in [5.41, 5.74) is 5.12. The molecule has 1 aliphatic rings. The van der Waals surface area contributed by atoms with Gasteiger partial charge < -0.3 is 15.8 Å². The van der Waals surface area contributed by atoms with Crippen molar-refractivity contribution in [2.45, 2.75) is 18.6 Å². The van der Waals surface area contributed by atoms with Crippen molar-refractivity contribution >= 4 is 29.1 Å². The number of hydrogen-bond donors (Lipinski definition) is 2. The van der Waals surface area contributed by atoms with Gasteiger partial charge in [-0.15, -0.1) is 0 Å². The van der Waals surface area contributed by atoms with Crippen molar-refractivity contribution in [2.75, 3.05) is 23.7 Å². The highest BCUT2D eigenvalue weighted by Gasteiger charge is 2.24. The molecular weight excluding hydrogens is 294 g/mol. The van der Waals surface area contributed by atoms with E-state index in [1.54, 1.807) is 6.07 Å². The van der Waals surface area contributed by atoms with Gasteiger partial charge in [-0.25, -0.2) is 4.98 Å². The van der Waals surface area contributed by atoms with Crippen molar-refractivity contribution in [3.05, 3.63) is 27.9 Å². The van der Waals surface area contributed by atoms with Crippen LogP contribution in [-0.2, 0) is 0 Å². The van der Waals surface area contributed by atoms with Gasteiger partial charge in [0.1, 0.15) is 5.82 Å². The fourth-order valence-electron chi connectivity index (χ4n) is 2.18. The monoisotopic (exact) mass is 311 g/mol. The molecule has 0 aromatic carbocycles. The third kappa shape index (κ3) is 3.35. The Morgan fingerprint density at radius 3 is 3.10 bits per heavy atom. The second kappa shape index (κ2) is 6.61. The normalized spacial score (nSPS) is 19.6. The van der Waals surface area contributed by atoms with Crippen LogP contribution >= 0.6 is 11.8 Å². The first kappa shape index (κ1) is 15.4. The number of amidine groups is 1. The zero-order chi connectivity index (χ0) is 15.4. The number of nitro groups is 1. The molecule has 2 heterocycles. The summed E-state index contributed by atoms with van der Waals surface area (Å²) in [4.78, 5) is 16.7. The Hall–Kier alpha value is -2.03. The molecule has 3 N–H and O–H groups in total. The maximum absolute atomic E-state index is 11.0. The van der Waals surface area contributed by atoms with E-state index in [0.717, 1.165) is 25.3 Å². The number of nitrogens with zero attached hydrogens (tertiary/aromatic N) is 4. The summed E-state index contributed by atoms with van der Waals surface area (Å²) in [6.45, 7) is 3.79. The number of pyridine rings is 1. The summed E-state index contributed by atoms with van der Waals surface area (Å²) in [5, 5.41) is 23.1. The van der Waals surface area contributed by atoms with Gasteiger partial charge in [-0.2, -0.15) is 11.8 Å². The van der Waals surface area contributed by atoms with Crippen LogP contribution in [0.3, 0.4) is 0 Å². The lowest BCUT2D eigenvalue weighted by atomic mass is 10.2. The number of nitrogens with two attached hydrogens (primary N) is 1. The molecule has 0 aliphatic carbocycles. The Morgan fingerprint density at radius 1 is 1.71 bits per heavy atom. The molecule has 1 aromatic heterocycles. The van der Waals surface area contributed by atoms with Crippen molar-refractivity contribution in [3.8, 4) is 0 Å². The second-order valence-electron chi connectivity index (χ2n) is 4.63. The summed E-state index contributed by atoms with van der Waals surface area (Å²) < 4.78 is 0. The van der Waals surface area contributed by atoms with Crippen LogP contribution < -0.4 is 10.6 Å². The third-order valence-electron chi connectivity index (χ3n) is 3.32. The maximum atomic E-state index is 11.0. The number of oxime groups is 1. The van der Waals surface area contributed by atoms with Crippen molar-refractivity contribution in [2.24, 2.45) is 10.9 Å². The first-order valence-corrected chi connectivity index (χ1v) is 7.61. The van der Waals surface area contributed by atoms with E-state index in [4.69, 9.17) is 10.9 Å². The van der Waals surface area contributed by atoms with Crippen LogP contribution in [0.25, 0.3) is 0 Å². The van der Waals surface area contributed by atoms with Gasteiger partial charge >= 0.3 is 0 Å². The van der Waals surface area contributed by atoms with E-state index >= 15 is 0 Å². The SMILES string of the molecule is CCC1CN(c2ccc([N+](=O)[O-])c(/C(N)=N/O)n2)CCS1. The summed E-state index contributed by atoms with van der Waals surface area (Å²) in [6.07, 6.45) is 1.06. The lowest BCUT2D eigenvalue weighted by molar-refractivity contribution is -0.385. The van der Waals surface area contributed by atoms with Crippen LogP contribution in [0.4, 0.5) is 11.5 Å². The van der Waals surface area contributed by atoms with Crippen LogP contribution in [0.15, 0.2) is 17.3 Å². The molecular formula is C12H17N5O3S. The minimum atomic E-state index is -0.592. The Morgan fingerprint density at radius 2 is 2.48 bits per heavy atom. The standard InChI is InChI=1S/C12H17N5O3S/c1-2-8-7-16(5-6-21-8)10-4-3-9(17(19)20)11(14-10)12(13)15-18/h3-4,8,18H,2,5-7H2,1H3,(H2,13,15). The van der Waals surface area contributed by atoms with Gasteiger partial charge in [-0.3, -0.25) is 10.1 Å². The number of anilines is 1. The first-order chi connectivity index (χ1) is 10.1. The van der Waals surface area contributed by atoms with Gasteiger partial charge in [0.2, 0.25) is 0 Å². The van der Waals surface area contributed by atoms with E-state index < -0.39 is 4.92 Å². The molecule has 1 saturated heterocycles. The zero-order valence-electron chi connectivity index (χ0n) is 11.6. The Labute approximate surface area is 126 Å². The molecule has 114 valence electrons.